The van der Waals surface area contributed by atoms with E-state index in [1.54, 1.807) is 22.3 Å². The van der Waals surface area contributed by atoms with E-state index in [-0.39, 0.29) is 16.2 Å². The molecule has 4 bridgehead atoms. The number of nitrogens with zero attached hydrogens (tertiary/aromatic N) is 2. The smallest absolute Gasteiger partial charge is 0.0468 e. The summed E-state index contributed by atoms with van der Waals surface area (Å²) in [6.07, 6.45) is 8.15. The fourth-order valence-corrected chi connectivity index (χ4v) is 17.8. The van der Waals surface area contributed by atoms with Gasteiger partial charge >= 0.3 is 0 Å². The zero-order valence-corrected chi connectivity index (χ0v) is 47.7. The van der Waals surface area contributed by atoms with E-state index in [4.69, 9.17) is 0 Å². The molecule has 2 nitrogen and oxygen atoms in total. The van der Waals surface area contributed by atoms with E-state index in [0.29, 0.717) is 11.8 Å². The van der Waals surface area contributed by atoms with Crippen LogP contribution in [0.15, 0.2) is 218 Å². The lowest BCUT2D eigenvalue weighted by molar-refractivity contribution is 0.0602. The van der Waals surface area contributed by atoms with Crippen LogP contribution in [0.1, 0.15) is 111 Å². The Morgan fingerprint density at radius 3 is 1.17 bits per heavy atom. The van der Waals surface area contributed by atoms with Crippen molar-refractivity contribution < 1.29 is 0 Å². The lowest BCUT2D eigenvalue weighted by atomic mass is 9.48. The van der Waals surface area contributed by atoms with Crippen LogP contribution in [0.2, 0.25) is 0 Å². The quantitative estimate of drug-likeness (QED) is 0.150. The number of aryl methyl sites for hydroxylation is 2. The van der Waals surface area contributed by atoms with Crippen molar-refractivity contribution >= 4 is 34.1 Å². The van der Waals surface area contributed by atoms with Crippen LogP contribution in [0.3, 0.4) is 0 Å². The SMILES string of the molecule is Cc1cccc(N(c2cccc(-c3ccccc3)c2)c2ccc3c(c2)-c2ccc4c(c2C3(C)C)C2(c3c-4ccc4c3C(C)(C)c3ccc(N(c5cccc(C)c5)c5cccc(-c6ccccc6)c5)cc3-4)C3CCC4CC(C3)CC2C4)c1. The van der Waals surface area contributed by atoms with Crippen molar-refractivity contribution in [3.8, 4) is 55.6 Å². The van der Waals surface area contributed by atoms with E-state index in [1.165, 1.54) is 139 Å². The molecular weight excluding hydrogens is 977 g/mol. The molecule has 7 aliphatic carbocycles. The third-order valence-electron chi connectivity index (χ3n) is 20.9. The van der Waals surface area contributed by atoms with E-state index in [2.05, 4.69) is 270 Å². The van der Waals surface area contributed by atoms with Gasteiger partial charge in [0, 0.05) is 50.4 Å². The highest BCUT2D eigenvalue weighted by Crippen LogP contribution is 2.73. The molecule has 81 heavy (non-hydrogen) atoms. The average molecular weight is 1050 g/mol. The summed E-state index contributed by atoms with van der Waals surface area (Å²) < 4.78 is 0. The maximum absolute atomic E-state index is 2.60. The number of anilines is 6. The van der Waals surface area contributed by atoms with Gasteiger partial charge in [-0.15, -0.1) is 0 Å². The standard InChI is InChI=1S/C79H70N2/c1-49-17-13-25-59(39-49)80(61-27-15-23-55(45-61)53-19-9-7-10-20-53)63-31-37-71-69(47-63)67-35-33-65-66-34-36-68-70-48-64(81(60-26-14-18-50(2)40-60)62-28-16-24-56(46-62)54-21-11-8-12-22-54)32-38-72(70)78(5,6)74(68)76(66)79(75(65)73(67)77(71,3)4)57-30-29-51-41-52(43-57)44-58(79)42-51/h7-28,31-40,45-48,51-52,57-58H,29-30,41-44H2,1-6H3. The van der Waals surface area contributed by atoms with Gasteiger partial charge in [0.25, 0.3) is 0 Å². The van der Waals surface area contributed by atoms with Crippen LogP contribution in [-0.2, 0) is 16.2 Å². The maximum Gasteiger partial charge on any atom is 0.0468 e. The normalized spacial score (nSPS) is 20.2. The molecule has 7 aliphatic rings. The van der Waals surface area contributed by atoms with E-state index in [9.17, 15) is 0 Å². The molecule has 1 spiro atoms. The highest BCUT2D eigenvalue weighted by molar-refractivity contribution is 5.98. The van der Waals surface area contributed by atoms with Crippen LogP contribution in [-0.4, -0.2) is 0 Å². The molecule has 0 heterocycles. The van der Waals surface area contributed by atoms with Gasteiger partial charge in [0.2, 0.25) is 0 Å². The van der Waals surface area contributed by atoms with Crippen molar-refractivity contribution in [3.63, 3.8) is 0 Å². The zero-order chi connectivity index (χ0) is 54.5. The first-order chi connectivity index (χ1) is 39.4. The summed E-state index contributed by atoms with van der Waals surface area (Å²) in [5.74, 6) is 2.85. The third kappa shape index (κ3) is 7.18. The van der Waals surface area contributed by atoms with E-state index >= 15 is 0 Å². The second-order valence-corrected chi connectivity index (χ2v) is 26.2. The molecule has 0 saturated heterocycles. The van der Waals surface area contributed by atoms with Crippen LogP contribution >= 0.6 is 0 Å². The Balaban J connectivity index is 0.881. The number of hydrogen-bond acceptors (Lipinski definition) is 2. The fraction of sp³-hybridized carbons (Fsp3) is 0.241. The maximum atomic E-state index is 2.60. The molecule has 4 unspecified atom stereocenters. The average Bonchev–Trinajstić information content (AvgIpc) is 3.18. The molecule has 0 aromatic heterocycles. The van der Waals surface area contributed by atoms with Crippen LogP contribution in [0.4, 0.5) is 34.1 Å². The predicted octanol–water partition coefficient (Wildman–Crippen LogP) is 21.3. The van der Waals surface area contributed by atoms with E-state index < -0.39 is 0 Å². The van der Waals surface area contributed by atoms with Gasteiger partial charge < -0.3 is 9.80 Å². The van der Waals surface area contributed by atoms with Gasteiger partial charge in [-0.25, -0.2) is 0 Å². The van der Waals surface area contributed by atoms with Crippen LogP contribution in [0, 0.1) is 37.5 Å². The Morgan fingerprint density at radius 2 is 0.704 bits per heavy atom. The van der Waals surface area contributed by atoms with Crippen LogP contribution < -0.4 is 9.80 Å². The van der Waals surface area contributed by atoms with Gasteiger partial charge in [-0.3, -0.25) is 0 Å². The minimum absolute atomic E-state index is 0.0751. The molecule has 4 fully saturated rings. The number of hydrogen-bond donors (Lipinski definition) is 0. The van der Waals surface area contributed by atoms with Crippen molar-refractivity contribution in [1.82, 2.24) is 0 Å². The summed E-state index contributed by atoms with van der Waals surface area (Å²) in [6.45, 7) is 14.7. The van der Waals surface area contributed by atoms with Crippen LogP contribution in [0.5, 0.6) is 0 Å². The molecule has 2 heteroatoms. The van der Waals surface area contributed by atoms with Gasteiger partial charge in [-0.1, -0.05) is 180 Å². The largest absolute Gasteiger partial charge is 0.310 e. The van der Waals surface area contributed by atoms with Crippen molar-refractivity contribution in [3.05, 3.63) is 263 Å². The number of rotatable bonds is 8. The molecule has 0 N–H and O–H groups in total. The fourth-order valence-electron chi connectivity index (χ4n) is 17.8. The van der Waals surface area contributed by atoms with E-state index in [0.717, 1.165) is 23.2 Å². The summed E-state index contributed by atoms with van der Waals surface area (Å²) in [5, 5.41) is 0. The molecule has 10 aromatic rings. The minimum Gasteiger partial charge on any atom is -0.310 e. The molecule has 0 amide bonds. The lowest BCUT2D eigenvalue weighted by Crippen LogP contribution is -2.50. The summed E-state index contributed by atoms with van der Waals surface area (Å²) in [4.78, 5) is 4.99. The summed E-state index contributed by atoms with van der Waals surface area (Å²) >= 11 is 0. The highest BCUT2D eigenvalue weighted by Gasteiger charge is 2.63. The number of fused-ring (bicyclic) bond motifs is 12. The second kappa shape index (κ2) is 17.9. The monoisotopic (exact) mass is 1050 g/mol. The van der Waals surface area contributed by atoms with Crippen molar-refractivity contribution in [1.29, 1.82) is 0 Å². The van der Waals surface area contributed by atoms with Crippen LogP contribution in [0.25, 0.3) is 55.6 Å². The Bertz CT molecular complexity index is 3940. The van der Waals surface area contributed by atoms with Gasteiger partial charge in [0.1, 0.15) is 0 Å². The summed E-state index contributed by atoms with van der Waals surface area (Å²) in [5.41, 5.74) is 32.1. The molecule has 396 valence electrons. The summed E-state index contributed by atoms with van der Waals surface area (Å²) in [7, 11) is 0. The molecular formula is C79H70N2. The highest BCUT2D eigenvalue weighted by atomic mass is 15.1. The van der Waals surface area contributed by atoms with Gasteiger partial charge in [-0.2, -0.15) is 0 Å². The predicted molar refractivity (Wildman–Crippen MR) is 339 cm³/mol. The molecule has 4 atom stereocenters. The minimum atomic E-state index is -0.206. The Kier molecular flexibility index (Phi) is 10.8. The van der Waals surface area contributed by atoms with Gasteiger partial charge in [0.05, 0.1) is 0 Å². The molecule has 17 rings (SSSR count). The van der Waals surface area contributed by atoms with E-state index in [1.807, 2.05) is 0 Å². The first kappa shape index (κ1) is 48.7. The topological polar surface area (TPSA) is 6.48 Å². The lowest BCUT2D eigenvalue weighted by Gasteiger charge is -2.55. The van der Waals surface area contributed by atoms with Gasteiger partial charge in [-0.05, 0) is 243 Å². The Hall–Kier alpha value is -8.20. The molecule has 0 radical (unpaired) electrons. The zero-order valence-electron chi connectivity index (χ0n) is 47.7. The molecule has 10 aromatic carbocycles. The van der Waals surface area contributed by atoms with Crippen molar-refractivity contribution in [2.24, 2.45) is 23.7 Å². The Morgan fingerprint density at radius 1 is 0.309 bits per heavy atom. The van der Waals surface area contributed by atoms with Crippen molar-refractivity contribution in [2.75, 3.05) is 9.80 Å². The second-order valence-electron chi connectivity index (χ2n) is 26.2. The number of benzene rings is 10. The first-order valence-corrected chi connectivity index (χ1v) is 30.2. The summed E-state index contributed by atoms with van der Waals surface area (Å²) in [6, 6.07) is 83.3. The third-order valence-corrected chi connectivity index (χ3v) is 20.9. The first-order valence-electron chi connectivity index (χ1n) is 30.2. The Labute approximate surface area is 479 Å². The molecule has 4 saturated carbocycles. The van der Waals surface area contributed by atoms with Gasteiger partial charge in [0.15, 0.2) is 0 Å². The van der Waals surface area contributed by atoms with Crippen molar-refractivity contribution in [2.45, 2.75) is 96.3 Å². The molecule has 0 aliphatic heterocycles.